The van der Waals surface area contributed by atoms with Crippen LogP contribution in [0.25, 0.3) is 0 Å². The van der Waals surface area contributed by atoms with Crippen molar-refractivity contribution in [1.82, 2.24) is 0 Å². The van der Waals surface area contributed by atoms with Gasteiger partial charge in [-0.25, -0.2) is 0 Å². The zero-order chi connectivity index (χ0) is 10.0. The maximum Gasteiger partial charge on any atom is 0.116 e. The molecule has 1 fully saturated rings. The molecule has 0 radical (unpaired) electrons. The molecule has 1 aromatic carbocycles. The van der Waals surface area contributed by atoms with E-state index in [1.54, 1.807) is 23.9 Å². The quantitative estimate of drug-likeness (QED) is 0.772. The molecule has 0 amide bonds. The van der Waals surface area contributed by atoms with Gasteiger partial charge in [0.1, 0.15) is 5.75 Å². The number of phenols is 1. The molecule has 0 aliphatic heterocycles. The number of benzene rings is 1. The zero-order valence-corrected chi connectivity index (χ0v) is 8.55. The summed E-state index contributed by atoms with van der Waals surface area (Å²) in [7, 11) is 0. The molecule has 0 atom stereocenters. The van der Waals surface area contributed by atoms with E-state index in [0.717, 1.165) is 23.5 Å². The smallest absolute Gasteiger partial charge is 0.116 e. The van der Waals surface area contributed by atoms with Crippen molar-refractivity contribution in [3.63, 3.8) is 0 Å². The Hall–Kier alpha value is -1.14. The molecular formula is C11H11NOS. The minimum Gasteiger partial charge on any atom is -0.508 e. The van der Waals surface area contributed by atoms with Crippen molar-refractivity contribution in [2.45, 2.75) is 17.7 Å². The Kier molecular flexibility index (Phi) is 2.39. The van der Waals surface area contributed by atoms with Gasteiger partial charge in [-0.05, 0) is 31.0 Å². The summed E-state index contributed by atoms with van der Waals surface area (Å²) in [6.07, 6.45) is 2.05. The summed E-state index contributed by atoms with van der Waals surface area (Å²) >= 11 is 1.65. The molecule has 1 saturated carbocycles. The molecule has 0 bridgehead atoms. The summed E-state index contributed by atoms with van der Waals surface area (Å²) < 4.78 is 0. The Bertz CT molecular complexity index is 379. The molecule has 0 aromatic heterocycles. The Morgan fingerprint density at radius 2 is 2.29 bits per heavy atom. The number of nitriles is 1. The number of phenolic OH excluding ortho intramolecular Hbond substituents is 1. The third-order valence-corrected chi connectivity index (χ3v) is 3.71. The molecule has 2 nitrogen and oxygen atoms in total. The van der Waals surface area contributed by atoms with Crippen molar-refractivity contribution in [1.29, 1.82) is 5.26 Å². The van der Waals surface area contributed by atoms with Crippen molar-refractivity contribution >= 4 is 11.8 Å². The van der Waals surface area contributed by atoms with Crippen molar-refractivity contribution in [2.24, 2.45) is 5.41 Å². The fraction of sp³-hybridized carbons (Fsp3) is 0.364. The van der Waals surface area contributed by atoms with Gasteiger partial charge in [0.2, 0.25) is 0 Å². The highest BCUT2D eigenvalue weighted by Crippen LogP contribution is 2.48. The van der Waals surface area contributed by atoms with Gasteiger partial charge in [0.25, 0.3) is 0 Å². The third-order valence-electron chi connectivity index (χ3n) is 2.42. The van der Waals surface area contributed by atoms with E-state index < -0.39 is 0 Å². The van der Waals surface area contributed by atoms with E-state index in [-0.39, 0.29) is 11.2 Å². The molecule has 72 valence electrons. The average molecular weight is 205 g/mol. The van der Waals surface area contributed by atoms with E-state index in [9.17, 15) is 5.11 Å². The van der Waals surface area contributed by atoms with Gasteiger partial charge in [0, 0.05) is 10.6 Å². The monoisotopic (exact) mass is 205 g/mol. The SMILES string of the molecule is N#CC1(CSc2cccc(O)c2)CC1. The second-order valence-electron chi connectivity index (χ2n) is 3.68. The van der Waals surface area contributed by atoms with Crippen molar-refractivity contribution in [3.05, 3.63) is 24.3 Å². The third kappa shape index (κ3) is 2.02. The maximum absolute atomic E-state index is 9.24. The summed E-state index contributed by atoms with van der Waals surface area (Å²) in [5.41, 5.74) is -0.0733. The Morgan fingerprint density at radius 3 is 2.86 bits per heavy atom. The van der Waals surface area contributed by atoms with Crippen molar-refractivity contribution in [3.8, 4) is 11.8 Å². The molecule has 0 saturated heterocycles. The molecule has 14 heavy (non-hydrogen) atoms. The standard InChI is InChI=1S/C11H11NOS/c12-7-11(4-5-11)8-14-10-3-1-2-9(13)6-10/h1-3,6,13H,4-5,8H2. The van der Waals surface area contributed by atoms with Crippen LogP contribution < -0.4 is 0 Å². The first kappa shape index (κ1) is 9.42. The fourth-order valence-electron chi connectivity index (χ4n) is 1.23. The van der Waals surface area contributed by atoms with Crippen LogP contribution >= 0.6 is 11.8 Å². The minimum atomic E-state index is -0.0733. The van der Waals surface area contributed by atoms with Crippen LogP contribution in [0, 0.1) is 16.7 Å². The summed E-state index contributed by atoms with van der Waals surface area (Å²) in [6, 6.07) is 9.52. The van der Waals surface area contributed by atoms with Crippen LogP contribution in [0.1, 0.15) is 12.8 Å². The molecule has 1 aromatic rings. The molecule has 0 heterocycles. The lowest BCUT2D eigenvalue weighted by Gasteiger charge is -2.04. The first-order valence-electron chi connectivity index (χ1n) is 4.57. The first-order valence-corrected chi connectivity index (χ1v) is 5.56. The number of thioether (sulfide) groups is 1. The minimum absolute atomic E-state index is 0.0733. The van der Waals surface area contributed by atoms with Gasteiger partial charge in [0.05, 0.1) is 11.5 Å². The van der Waals surface area contributed by atoms with E-state index in [0.29, 0.717) is 0 Å². The summed E-state index contributed by atoms with van der Waals surface area (Å²) in [5, 5.41) is 18.1. The Morgan fingerprint density at radius 1 is 1.50 bits per heavy atom. The number of nitrogens with zero attached hydrogens (tertiary/aromatic N) is 1. The molecule has 0 unspecified atom stereocenters. The van der Waals surface area contributed by atoms with Crippen LogP contribution in [0.2, 0.25) is 0 Å². The molecule has 1 N–H and O–H groups in total. The normalized spacial score (nSPS) is 17.4. The summed E-state index contributed by atoms with van der Waals surface area (Å²) in [6.45, 7) is 0. The number of aromatic hydroxyl groups is 1. The number of rotatable bonds is 3. The van der Waals surface area contributed by atoms with Crippen LogP contribution in [0.15, 0.2) is 29.2 Å². The second-order valence-corrected chi connectivity index (χ2v) is 4.73. The summed E-state index contributed by atoms with van der Waals surface area (Å²) in [5.74, 6) is 1.13. The van der Waals surface area contributed by atoms with Gasteiger partial charge >= 0.3 is 0 Å². The fourth-order valence-corrected chi connectivity index (χ4v) is 2.41. The topological polar surface area (TPSA) is 44.0 Å². The highest BCUT2D eigenvalue weighted by molar-refractivity contribution is 7.99. The first-order chi connectivity index (χ1) is 6.74. The summed E-state index contributed by atoms with van der Waals surface area (Å²) in [4.78, 5) is 1.03. The van der Waals surface area contributed by atoms with Crippen LogP contribution in [-0.2, 0) is 0 Å². The van der Waals surface area contributed by atoms with Gasteiger partial charge < -0.3 is 5.11 Å². The van der Waals surface area contributed by atoms with Crippen LogP contribution in [0.4, 0.5) is 0 Å². The lowest BCUT2D eigenvalue weighted by molar-refractivity contribution is 0.474. The van der Waals surface area contributed by atoms with Crippen LogP contribution in [0.3, 0.4) is 0 Å². The van der Waals surface area contributed by atoms with E-state index in [1.807, 2.05) is 12.1 Å². The van der Waals surface area contributed by atoms with Gasteiger partial charge in [-0.2, -0.15) is 5.26 Å². The number of hydrogen-bond donors (Lipinski definition) is 1. The van der Waals surface area contributed by atoms with E-state index in [4.69, 9.17) is 5.26 Å². The highest BCUT2D eigenvalue weighted by atomic mass is 32.2. The predicted molar refractivity (Wildman–Crippen MR) is 56.1 cm³/mol. The molecular weight excluding hydrogens is 194 g/mol. The van der Waals surface area contributed by atoms with Crippen LogP contribution in [-0.4, -0.2) is 10.9 Å². The van der Waals surface area contributed by atoms with Gasteiger partial charge in [-0.3, -0.25) is 0 Å². The average Bonchev–Trinajstić information content (AvgIpc) is 2.96. The molecule has 1 aliphatic rings. The van der Waals surface area contributed by atoms with Gasteiger partial charge in [0.15, 0.2) is 0 Å². The lowest BCUT2D eigenvalue weighted by Crippen LogP contribution is -1.98. The Balaban J connectivity index is 1.96. The van der Waals surface area contributed by atoms with E-state index in [2.05, 4.69) is 6.07 Å². The molecule has 3 heteroatoms. The van der Waals surface area contributed by atoms with Crippen molar-refractivity contribution in [2.75, 3.05) is 5.75 Å². The maximum atomic E-state index is 9.24. The molecule has 0 spiro atoms. The lowest BCUT2D eigenvalue weighted by atomic mass is 10.2. The molecule has 2 rings (SSSR count). The largest absolute Gasteiger partial charge is 0.508 e. The Labute approximate surface area is 87.6 Å². The van der Waals surface area contributed by atoms with Gasteiger partial charge in [-0.1, -0.05) is 6.07 Å². The second kappa shape index (κ2) is 3.55. The molecule has 1 aliphatic carbocycles. The van der Waals surface area contributed by atoms with Crippen LogP contribution in [0.5, 0.6) is 5.75 Å². The predicted octanol–water partition coefficient (Wildman–Crippen LogP) is 2.79. The van der Waals surface area contributed by atoms with E-state index >= 15 is 0 Å². The van der Waals surface area contributed by atoms with Crippen molar-refractivity contribution < 1.29 is 5.11 Å². The number of hydrogen-bond acceptors (Lipinski definition) is 3. The van der Waals surface area contributed by atoms with E-state index in [1.165, 1.54) is 0 Å². The zero-order valence-electron chi connectivity index (χ0n) is 7.73. The highest BCUT2D eigenvalue weighted by Gasteiger charge is 2.42. The van der Waals surface area contributed by atoms with Gasteiger partial charge in [-0.15, -0.1) is 11.8 Å².